The van der Waals surface area contributed by atoms with E-state index in [-0.39, 0.29) is 11.4 Å². The molecule has 2 heteroatoms. The highest BCUT2D eigenvalue weighted by atomic mass is 16.6. The van der Waals surface area contributed by atoms with Gasteiger partial charge in [0.1, 0.15) is 0 Å². The van der Waals surface area contributed by atoms with Gasteiger partial charge in [0.25, 0.3) is 0 Å². The first kappa shape index (κ1) is 16.0. The van der Waals surface area contributed by atoms with Crippen molar-refractivity contribution in [2.45, 2.75) is 64.4 Å². The normalized spacial score (nSPS) is 46.1. The van der Waals surface area contributed by atoms with Crippen LogP contribution in [-0.2, 0) is 9.53 Å². The van der Waals surface area contributed by atoms with Crippen molar-refractivity contribution in [3.63, 3.8) is 0 Å². The summed E-state index contributed by atoms with van der Waals surface area (Å²) in [6, 6.07) is 0. The minimum Gasteiger partial charge on any atom is -0.445 e. The molecule has 0 bridgehead atoms. The van der Waals surface area contributed by atoms with E-state index in [0.717, 1.165) is 31.1 Å². The van der Waals surface area contributed by atoms with E-state index in [1.807, 2.05) is 0 Å². The Balaban J connectivity index is 1.67. The Hall–Kier alpha value is -1.49. The van der Waals surface area contributed by atoms with E-state index in [1.54, 1.807) is 5.57 Å². The minimum atomic E-state index is -0.690. The topological polar surface area (TPSA) is 26.3 Å². The number of fused-ring (bicyclic) bond motifs is 5. The first-order valence-corrected chi connectivity index (χ1v) is 9.55. The second kappa shape index (κ2) is 5.51. The molecule has 0 aliphatic heterocycles. The number of hydrogen-bond acceptors (Lipinski definition) is 2. The lowest BCUT2D eigenvalue weighted by Gasteiger charge is -2.54. The van der Waals surface area contributed by atoms with E-state index in [4.69, 9.17) is 11.2 Å². The summed E-state index contributed by atoms with van der Waals surface area (Å²) in [5, 5.41) is 0. The third kappa shape index (κ3) is 2.06. The zero-order valence-electron chi connectivity index (χ0n) is 14.9. The van der Waals surface area contributed by atoms with Gasteiger partial charge in [-0.1, -0.05) is 31.1 Å². The van der Waals surface area contributed by atoms with Gasteiger partial charge in [0.2, 0.25) is 0 Å². The van der Waals surface area contributed by atoms with Gasteiger partial charge in [0.05, 0.1) is 0 Å². The monoisotopic (exact) mass is 324 g/mol. The summed E-state index contributed by atoms with van der Waals surface area (Å²) in [6.07, 6.45) is 21.0. The zero-order chi connectivity index (χ0) is 16.9. The highest BCUT2D eigenvalue weighted by Gasteiger charge is 2.63. The summed E-state index contributed by atoms with van der Waals surface area (Å²) in [6.45, 7) is 3.79. The lowest BCUT2D eigenvalue weighted by Crippen LogP contribution is -2.53. The van der Waals surface area contributed by atoms with E-state index in [2.05, 4.69) is 31.1 Å². The molecular weight excluding hydrogens is 296 g/mol. The number of carbonyl (C=O) groups excluding carboxylic acids is 1. The molecule has 2 fully saturated rings. The van der Waals surface area contributed by atoms with Crippen LogP contribution in [-0.4, -0.2) is 11.6 Å². The Morgan fingerprint density at radius 2 is 2.12 bits per heavy atom. The highest BCUT2D eigenvalue weighted by molar-refractivity contribution is 5.67. The van der Waals surface area contributed by atoms with Crippen molar-refractivity contribution in [2.24, 2.45) is 29.1 Å². The molecule has 0 spiro atoms. The second-order valence-corrected chi connectivity index (χ2v) is 8.52. The van der Waals surface area contributed by atoms with Crippen LogP contribution in [0.2, 0.25) is 0 Å². The number of carbonyl (C=O) groups is 1. The lowest BCUT2D eigenvalue weighted by atomic mass is 9.51. The van der Waals surface area contributed by atoms with Crippen LogP contribution in [0.5, 0.6) is 0 Å². The summed E-state index contributed by atoms with van der Waals surface area (Å²) in [4.78, 5) is 11.7. The van der Waals surface area contributed by atoms with Gasteiger partial charge >= 0.3 is 5.97 Å². The molecule has 4 aliphatic rings. The molecule has 0 N–H and O–H groups in total. The van der Waals surface area contributed by atoms with E-state index < -0.39 is 5.60 Å². The van der Waals surface area contributed by atoms with Crippen LogP contribution in [0, 0.1) is 41.4 Å². The molecule has 0 saturated heterocycles. The van der Waals surface area contributed by atoms with Crippen molar-refractivity contribution in [3.8, 4) is 12.3 Å². The molecular formula is C22H28O2. The van der Waals surface area contributed by atoms with Crippen molar-refractivity contribution in [3.05, 3.63) is 23.8 Å². The van der Waals surface area contributed by atoms with Crippen LogP contribution in [0.15, 0.2) is 23.8 Å². The van der Waals surface area contributed by atoms with Crippen molar-refractivity contribution in [1.82, 2.24) is 0 Å². The van der Waals surface area contributed by atoms with Crippen LogP contribution in [0.3, 0.4) is 0 Å². The van der Waals surface area contributed by atoms with E-state index in [1.165, 1.54) is 32.6 Å². The fourth-order valence-corrected chi connectivity index (χ4v) is 6.57. The maximum Gasteiger partial charge on any atom is 0.304 e. The average Bonchev–Trinajstić information content (AvgIpc) is 2.87. The van der Waals surface area contributed by atoms with Crippen LogP contribution < -0.4 is 0 Å². The minimum absolute atomic E-state index is 0.0650. The summed E-state index contributed by atoms with van der Waals surface area (Å²) in [7, 11) is 0. The van der Waals surface area contributed by atoms with Crippen molar-refractivity contribution < 1.29 is 9.53 Å². The highest BCUT2D eigenvalue weighted by Crippen LogP contribution is 2.65. The van der Waals surface area contributed by atoms with Crippen LogP contribution >= 0.6 is 0 Å². The van der Waals surface area contributed by atoms with Gasteiger partial charge in [0.15, 0.2) is 5.60 Å². The molecule has 2 nitrogen and oxygen atoms in total. The molecule has 0 aromatic rings. The standard InChI is InChI=1S/C22H28O2/c1-4-22(24-15(2)23)14-12-20-19-10-9-16-7-5-6-8-17(16)18(19)11-13-21(20,22)3/h1,5,7,9,17-20H,6,8,10-14H2,2-3H3/t17-,18+,19+,20-,21-,22-/m0/s1. The van der Waals surface area contributed by atoms with E-state index in [9.17, 15) is 4.79 Å². The van der Waals surface area contributed by atoms with E-state index in [0.29, 0.717) is 11.8 Å². The molecule has 128 valence electrons. The van der Waals surface area contributed by atoms with Gasteiger partial charge in [-0.05, 0) is 74.2 Å². The fraction of sp³-hybridized carbons (Fsp3) is 0.682. The van der Waals surface area contributed by atoms with Gasteiger partial charge < -0.3 is 4.74 Å². The first-order chi connectivity index (χ1) is 11.5. The predicted molar refractivity (Wildman–Crippen MR) is 94.9 cm³/mol. The van der Waals surface area contributed by atoms with Crippen molar-refractivity contribution in [2.75, 3.05) is 0 Å². The Kier molecular flexibility index (Phi) is 3.68. The van der Waals surface area contributed by atoms with Gasteiger partial charge in [-0.3, -0.25) is 4.79 Å². The fourth-order valence-electron chi connectivity index (χ4n) is 6.57. The quantitative estimate of drug-likeness (QED) is 0.518. The molecule has 2 saturated carbocycles. The maximum atomic E-state index is 11.7. The molecule has 4 aliphatic carbocycles. The number of terminal acetylenes is 1. The number of ether oxygens (including phenoxy) is 1. The number of esters is 1. The zero-order valence-corrected chi connectivity index (χ0v) is 14.9. The molecule has 0 heterocycles. The molecule has 6 atom stereocenters. The van der Waals surface area contributed by atoms with Gasteiger partial charge in [-0.15, -0.1) is 6.42 Å². The van der Waals surface area contributed by atoms with Gasteiger partial charge in [-0.25, -0.2) is 0 Å². The van der Waals surface area contributed by atoms with Crippen LogP contribution in [0.4, 0.5) is 0 Å². The van der Waals surface area contributed by atoms with Crippen molar-refractivity contribution in [1.29, 1.82) is 0 Å². The summed E-state index contributed by atoms with van der Waals surface area (Å²) >= 11 is 0. The summed E-state index contributed by atoms with van der Waals surface area (Å²) in [5.41, 5.74) is 0.822. The Labute approximate surface area is 145 Å². The van der Waals surface area contributed by atoms with Crippen molar-refractivity contribution >= 4 is 5.97 Å². The summed E-state index contributed by atoms with van der Waals surface area (Å²) < 4.78 is 5.81. The predicted octanol–water partition coefficient (Wildman–Crippen LogP) is 4.66. The average molecular weight is 324 g/mol. The maximum absolute atomic E-state index is 11.7. The number of allylic oxidation sites excluding steroid dienone is 4. The molecule has 4 rings (SSSR count). The second-order valence-electron chi connectivity index (χ2n) is 8.52. The SMILES string of the molecule is C#C[C@]1(OC(C)=O)CC[C@H]2[C@@H]3CC=C4C=CCC[C@@H]4[C@H]3CC[C@@]21C. The van der Waals surface area contributed by atoms with Gasteiger partial charge in [0, 0.05) is 12.3 Å². The Morgan fingerprint density at radius 3 is 2.88 bits per heavy atom. The van der Waals surface area contributed by atoms with Crippen LogP contribution in [0.25, 0.3) is 0 Å². The molecule has 0 amide bonds. The largest absolute Gasteiger partial charge is 0.445 e. The van der Waals surface area contributed by atoms with Crippen LogP contribution in [0.1, 0.15) is 58.8 Å². The summed E-state index contributed by atoms with van der Waals surface area (Å²) in [5.74, 6) is 5.51. The molecule has 24 heavy (non-hydrogen) atoms. The molecule has 0 unspecified atom stereocenters. The Bertz CT molecular complexity index is 651. The third-order valence-electron chi connectivity index (χ3n) is 7.69. The van der Waals surface area contributed by atoms with Gasteiger partial charge in [-0.2, -0.15) is 0 Å². The Morgan fingerprint density at radius 1 is 1.29 bits per heavy atom. The number of hydrogen-bond donors (Lipinski definition) is 0. The van der Waals surface area contributed by atoms with E-state index >= 15 is 0 Å². The third-order valence-corrected chi connectivity index (χ3v) is 7.69. The lowest BCUT2D eigenvalue weighted by molar-refractivity contribution is -0.167. The molecule has 0 aromatic heterocycles. The molecule has 0 radical (unpaired) electrons. The molecule has 0 aromatic carbocycles. The number of rotatable bonds is 1. The smallest absolute Gasteiger partial charge is 0.304 e. The first-order valence-electron chi connectivity index (χ1n) is 9.55.